The van der Waals surface area contributed by atoms with Gasteiger partial charge in [-0.05, 0) is 80.0 Å². The van der Waals surface area contributed by atoms with Crippen molar-refractivity contribution in [2.45, 2.75) is 90.4 Å². The van der Waals surface area contributed by atoms with Crippen molar-refractivity contribution in [1.29, 1.82) is 0 Å². The second-order valence-corrected chi connectivity index (χ2v) is 11.6. The lowest BCUT2D eigenvalue weighted by Crippen LogP contribution is -2.41. The summed E-state index contributed by atoms with van der Waals surface area (Å²) >= 11 is 5.19. The van der Waals surface area contributed by atoms with Crippen molar-refractivity contribution >= 4 is 18.4 Å². The predicted molar refractivity (Wildman–Crippen MR) is 119 cm³/mol. The lowest BCUT2D eigenvalue weighted by molar-refractivity contribution is -0.128. The zero-order valence-corrected chi connectivity index (χ0v) is 19.2. The molecular formula is C25H40O2S. The fourth-order valence-corrected chi connectivity index (χ4v) is 8.56. The van der Waals surface area contributed by atoms with Gasteiger partial charge in [-0.1, -0.05) is 39.3 Å². The minimum atomic E-state index is 0.0814. The van der Waals surface area contributed by atoms with Gasteiger partial charge in [-0.2, -0.15) is 12.6 Å². The van der Waals surface area contributed by atoms with Crippen LogP contribution in [0.3, 0.4) is 0 Å². The van der Waals surface area contributed by atoms with Crippen LogP contribution in [0.2, 0.25) is 0 Å². The highest BCUT2D eigenvalue weighted by Crippen LogP contribution is 2.68. The molecule has 0 aromatic carbocycles. The highest BCUT2D eigenvalue weighted by molar-refractivity contribution is 7.81. The molecule has 3 heteroatoms. The van der Waals surface area contributed by atoms with Crippen molar-refractivity contribution in [2.24, 2.45) is 40.4 Å². The summed E-state index contributed by atoms with van der Waals surface area (Å²) in [5.74, 6) is 3.43. The number of allylic oxidation sites excluding steroid dienone is 2. The van der Waals surface area contributed by atoms with Gasteiger partial charge in [-0.25, -0.2) is 0 Å². The number of hydrogen-bond donors (Lipinski definition) is 1. The Balaban J connectivity index is 1.44. The summed E-state index contributed by atoms with van der Waals surface area (Å²) in [6, 6.07) is 0. The molecule has 0 heterocycles. The molecule has 4 aliphatic carbocycles. The van der Waals surface area contributed by atoms with Gasteiger partial charge >= 0.3 is 0 Å². The largest absolute Gasteiger partial charge is 0.378 e. The molecule has 2 nitrogen and oxygen atoms in total. The Kier molecular flexibility index (Phi) is 5.81. The lowest BCUT2D eigenvalue weighted by Gasteiger charge is -2.43. The molecule has 0 spiro atoms. The summed E-state index contributed by atoms with van der Waals surface area (Å²) < 4.78 is 6.17. The zero-order chi connectivity index (χ0) is 20.1. The molecule has 3 saturated carbocycles. The smallest absolute Gasteiger partial charge is 0.137 e. The Bertz CT molecular complexity index is 626. The molecule has 0 aliphatic heterocycles. The van der Waals surface area contributed by atoms with Crippen molar-refractivity contribution in [1.82, 2.24) is 0 Å². The van der Waals surface area contributed by atoms with E-state index in [1.165, 1.54) is 32.1 Å². The molecule has 0 N–H and O–H groups in total. The van der Waals surface area contributed by atoms with E-state index in [4.69, 9.17) is 17.4 Å². The molecule has 8 unspecified atom stereocenters. The Morgan fingerprint density at radius 1 is 1.25 bits per heavy atom. The van der Waals surface area contributed by atoms with Crippen LogP contribution in [0.4, 0.5) is 0 Å². The normalized spacial score (nSPS) is 44.6. The van der Waals surface area contributed by atoms with Gasteiger partial charge in [0.25, 0.3) is 0 Å². The number of hydrogen-bond acceptors (Lipinski definition) is 3. The van der Waals surface area contributed by atoms with Crippen molar-refractivity contribution in [2.75, 3.05) is 6.61 Å². The zero-order valence-electron chi connectivity index (χ0n) is 18.3. The number of carbonyl (C=O) groups excluding carboxylic acids is 1. The minimum Gasteiger partial charge on any atom is -0.378 e. The quantitative estimate of drug-likeness (QED) is 0.409. The Hall–Kier alpha value is -0.280. The average molecular weight is 405 g/mol. The SMILES string of the molecule is CCOC1CC2(C(S)CCC(=O)C3C(C)C=CCC3(C)C)CC1C1CCCC12. The topological polar surface area (TPSA) is 26.3 Å². The maximum Gasteiger partial charge on any atom is 0.137 e. The maximum absolute atomic E-state index is 13.2. The van der Waals surface area contributed by atoms with E-state index in [-0.39, 0.29) is 11.3 Å². The molecule has 0 saturated heterocycles. The maximum atomic E-state index is 13.2. The number of ether oxygens (including phenoxy) is 1. The van der Waals surface area contributed by atoms with Crippen LogP contribution in [-0.4, -0.2) is 23.7 Å². The Morgan fingerprint density at radius 2 is 2.04 bits per heavy atom. The van der Waals surface area contributed by atoms with Gasteiger partial charge in [-0.15, -0.1) is 0 Å². The van der Waals surface area contributed by atoms with Gasteiger partial charge in [-0.3, -0.25) is 4.79 Å². The summed E-state index contributed by atoms with van der Waals surface area (Å²) in [4.78, 5) is 13.2. The summed E-state index contributed by atoms with van der Waals surface area (Å²) in [5, 5.41) is 0.343. The highest BCUT2D eigenvalue weighted by Gasteiger charge is 2.64. The second-order valence-electron chi connectivity index (χ2n) is 11.0. The molecule has 0 amide bonds. The van der Waals surface area contributed by atoms with Gasteiger partial charge in [0, 0.05) is 24.2 Å². The number of thiol groups is 1. The standard InChI is InChI=1S/C25H40O2S/c1-5-27-21-15-25(14-18(21)17-9-6-10-19(17)25)22(28)12-11-20(26)23-16(2)8-7-13-24(23,3)4/h7-8,16-19,21-23,28H,5-6,9-15H2,1-4H3. The molecule has 4 aliphatic rings. The van der Waals surface area contributed by atoms with Crippen LogP contribution in [0, 0.1) is 40.4 Å². The van der Waals surface area contributed by atoms with Gasteiger partial charge in [0.15, 0.2) is 0 Å². The highest BCUT2D eigenvalue weighted by atomic mass is 32.1. The van der Waals surface area contributed by atoms with Crippen LogP contribution in [0.15, 0.2) is 12.2 Å². The average Bonchev–Trinajstić information content (AvgIpc) is 3.30. The van der Waals surface area contributed by atoms with E-state index in [1.807, 2.05) is 0 Å². The van der Waals surface area contributed by atoms with Gasteiger partial charge < -0.3 is 4.74 Å². The lowest BCUT2D eigenvalue weighted by atomic mass is 9.64. The molecule has 28 heavy (non-hydrogen) atoms. The third-order valence-electron chi connectivity index (χ3n) is 9.04. The first kappa shape index (κ1) is 21.0. The molecule has 3 fully saturated rings. The van der Waals surface area contributed by atoms with E-state index < -0.39 is 0 Å². The molecule has 2 bridgehead atoms. The fraction of sp³-hybridized carbons (Fsp3) is 0.880. The molecule has 0 aromatic rings. The third kappa shape index (κ3) is 3.33. The van der Waals surface area contributed by atoms with E-state index in [0.29, 0.717) is 34.9 Å². The first-order valence-electron chi connectivity index (χ1n) is 11.8. The monoisotopic (exact) mass is 404 g/mol. The van der Waals surface area contributed by atoms with E-state index >= 15 is 0 Å². The van der Waals surface area contributed by atoms with Gasteiger partial charge in [0.05, 0.1) is 6.10 Å². The predicted octanol–water partition coefficient (Wildman–Crippen LogP) is 6.10. The molecule has 0 aromatic heterocycles. The van der Waals surface area contributed by atoms with Crippen LogP contribution in [-0.2, 0) is 9.53 Å². The minimum absolute atomic E-state index is 0.0814. The van der Waals surface area contributed by atoms with E-state index in [9.17, 15) is 4.79 Å². The van der Waals surface area contributed by atoms with Crippen LogP contribution >= 0.6 is 12.6 Å². The van der Waals surface area contributed by atoms with Crippen molar-refractivity contribution in [3.8, 4) is 0 Å². The molecular weight excluding hydrogens is 364 g/mol. The van der Waals surface area contributed by atoms with E-state index in [1.54, 1.807) is 0 Å². The third-order valence-corrected chi connectivity index (χ3v) is 9.81. The summed E-state index contributed by atoms with van der Waals surface area (Å²) in [7, 11) is 0. The number of fused-ring (bicyclic) bond motifs is 5. The second kappa shape index (κ2) is 7.76. The van der Waals surface area contributed by atoms with Crippen LogP contribution in [0.5, 0.6) is 0 Å². The molecule has 8 atom stereocenters. The summed E-state index contributed by atoms with van der Waals surface area (Å²) in [5.41, 5.74) is 0.403. The molecule has 158 valence electrons. The van der Waals surface area contributed by atoms with Gasteiger partial charge in [0.2, 0.25) is 0 Å². The van der Waals surface area contributed by atoms with Crippen molar-refractivity contribution < 1.29 is 9.53 Å². The van der Waals surface area contributed by atoms with Gasteiger partial charge in [0.1, 0.15) is 5.78 Å². The van der Waals surface area contributed by atoms with Crippen molar-refractivity contribution in [3.05, 3.63) is 12.2 Å². The Morgan fingerprint density at radius 3 is 2.75 bits per heavy atom. The number of Topliss-reactive ketones (excluding diaryl/α,β-unsaturated/α-hetero) is 1. The number of ketones is 1. The molecule has 4 rings (SSSR count). The van der Waals surface area contributed by atoms with Crippen LogP contribution < -0.4 is 0 Å². The van der Waals surface area contributed by atoms with Crippen molar-refractivity contribution in [3.63, 3.8) is 0 Å². The summed E-state index contributed by atoms with van der Waals surface area (Å²) in [6.07, 6.45) is 14.2. The first-order valence-corrected chi connectivity index (χ1v) is 12.3. The van der Waals surface area contributed by atoms with E-state index in [0.717, 1.165) is 37.2 Å². The van der Waals surface area contributed by atoms with E-state index in [2.05, 4.69) is 39.8 Å². The first-order chi connectivity index (χ1) is 13.3. The van der Waals surface area contributed by atoms with Crippen LogP contribution in [0.25, 0.3) is 0 Å². The number of rotatable bonds is 7. The fourth-order valence-electron chi connectivity index (χ4n) is 8.03. The molecule has 0 radical (unpaired) electrons. The Labute approximate surface area is 177 Å². The van der Waals surface area contributed by atoms with Crippen LogP contribution in [0.1, 0.15) is 79.1 Å². The summed E-state index contributed by atoms with van der Waals surface area (Å²) in [6.45, 7) is 9.70. The number of carbonyl (C=O) groups is 1.